The van der Waals surface area contributed by atoms with Crippen molar-refractivity contribution in [2.45, 2.75) is 0 Å². The van der Waals surface area contributed by atoms with Crippen LogP contribution in [0.25, 0.3) is 6.08 Å². The Morgan fingerprint density at radius 1 is 1.32 bits per heavy atom. The summed E-state index contributed by atoms with van der Waals surface area (Å²) >= 11 is 0. The summed E-state index contributed by atoms with van der Waals surface area (Å²) in [5, 5.41) is 8.41. The molecule has 0 aliphatic heterocycles. The molecule has 2 aromatic rings. The number of nitrogens with two attached hydrogens (primary N) is 1. The van der Waals surface area contributed by atoms with Gasteiger partial charge in [-0.15, -0.1) is 0 Å². The van der Waals surface area contributed by atoms with Crippen LogP contribution in [-0.2, 0) is 4.79 Å². The Bertz CT molecular complexity index is 656. The van der Waals surface area contributed by atoms with Crippen molar-refractivity contribution < 1.29 is 4.79 Å². The van der Waals surface area contributed by atoms with Crippen LogP contribution >= 0.6 is 0 Å². The molecule has 0 unspecified atom stereocenters. The molecule has 4 N–H and O–H groups in total. The minimum atomic E-state index is -0.345. The van der Waals surface area contributed by atoms with E-state index >= 15 is 0 Å². The van der Waals surface area contributed by atoms with Crippen molar-refractivity contribution in [2.24, 2.45) is 0 Å². The van der Waals surface area contributed by atoms with E-state index in [1.807, 2.05) is 6.07 Å². The second-order valence-corrected chi connectivity index (χ2v) is 3.80. The lowest BCUT2D eigenvalue weighted by Crippen LogP contribution is -2.13. The van der Waals surface area contributed by atoms with Gasteiger partial charge in [0.25, 0.3) is 5.56 Å². The Balaban J connectivity index is 2.01. The highest BCUT2D eigenvalue weighted by atomic mass is 16.1. The molecule has 0 saturated carbocycles. The molecular formula is C13H12N4O2. The van der Waals surface area contributed by atoms with E-state index in [-0.39, 0.29) is 17.3 Å². The predicted molar refractivity (Wildman–Crippen MR) is 73.4 cm³/mol. The van der Waals surface area contributed by atoms with Gasteiger partial charge in [0.05, 0.1) is 0 Å². The summed E-state index contributed by atoms with van der Waals surface area (Å²) in [5.74, 6) is -0.0659. The monoisotopic (exact) mass is 256 g/mol. The second kappa shape index (κ2) is 5.63. The van der Waals surface area contributed by atoms with Gasteiger partial charge in [-0.05, 0) is 29.8 Å². The van der Waals surface area contributed by atoms with Gasteiger partial charge >= 0.3 is 0 Å². The molecule has 6 nitrogen and oxygen atoms in total. The highest BCUT2D eigenvalue weighted by Gasteiger charge is 1.98. The van der Waals surface area contributed by atoms with E-state index in [1.165, 1.54) is 18.2 Å². The third kappa shape index (κ3) is 3.81. The number of nitrogens with zero attached hydrogens (tertiary/aromatic N) is 1. The fourth-order valence-corrected chi connectivity index (χ4v) is 1.42. The summed E-state index contributed by atoms with van der Waals surface area (Å²) in [6.07, 6.45) is 3.00. The van der Waals surface area contributed by atoms with Crippen LogP contribution in [0.15, 0.2) is 47.3 Å². The van der Waals surface area contributed by atoms with Crippen molar-refractivity contribution in [3.63, 3.8) is 0 Å². The molecule has 1 heterocycles. The molecule has 1 aromatic carbocycles. The van der Waals surface area contributed by atoms with Gasteiger partial charge in [-0.2, -0.15) is 5.10 Å². The molecule has 0 fully saturated rings. The first-order valence-electron chi connectivity index (χ1n) is 5.54. The Morgan fingerprint density at radius 2 is 2.16 bits per heavy atom. The maximum absolute atomic E-state index is 11.6. The Morgan fingerprint density at radius 3 is 2.84 bits per heavy atom. The Labute approximate surface area is 109 Å². The van der Waals surface area contributed by atoms with Crippen LogP contribution in [-0.4, -0.2) is 16.1 Å². The molecule has 2 rings (SSSR count). The molecule has 0 radical (unpaired) electrons. The first-order chi connectivity index (χ1) is 9.13. The van der Waals surface area contributed by atoms with Gasteiger partial charge in [0.2, 0.25) is 5.91 Å². The van der Waals surface area contributed by atoms with Crippen molar-refractivity contribution >= 4 is 23.5 Å². The van der Waals surface area contributed by atoms with Crippen molar-refractivity contribution in [3.05, 3.63) is 58.4 Å². The molecular weight excluding hydrogens is 244 g/mol. The van der Waals surface area contributed by atoms with E-state index in [4.69, 9.17) is 5.73 Å². The predicted octanol–water partition coefficient (Wildman–Crippen LogP) is 1.00. The number of hydrogen-bond acceptors (Lipinski definition) is 4. The standard InChI is InChI=1S/C13H12N4O2/c14-10-3-1-2-9(8-10)4-6-12(18)15-11-5-7-13(19)17-16-11/h1-8H,14H2,(H,17,19)(H,15,16,18)/b6-4+. The number of amides is 1. The molecule has 0 aliphatic rings. The molecule has 1 amide bonds. The summed E-state index contributed by atoms with van der Waals surface area (Å²) < 4.78 is 0. The molecule has 0 saturated heterocycles. The van der Waals surface area contributed by atoms with Crippen LogP contribution in [0.2, 0.25) is 0 Å². The number of aromatic amines is 1. The highest BCUT2D eigenvalue weighted by Crippen LogP contribution is 2.08. The highest BCUT2D eigenvalue weighted by molar-refractivity contribution is 6.01. The lowest BCUT2D eigenvalue weighted by atomic mass is 10.2. The zero-order chi connectivity index (χ0) is 13.7. The van der Waals surface area contributed by atoms with Crippen molar-refractivity contribution in [1.29, 1.82) is 0 Å². The average Bonchev–Trinajstić information content (AvgIpc) is 2.39. The van der Waals surface area contributed by atoms with Crippen LogP contribution in [0.1, 0.15) is 5.56 Å². The number of rotatable bonds is 3. The Hall–Kier alpha value is -2.89. The molecule has 0 atom stereocenters. The number of nitrogens with one attached hydrogen (secondary N) is 2. The van der Waals surface area contributed by atoms with Gasteiger partial charge in [-0.1, -0.05) is 12.1 Å². The second-order valence-electron chi connectivity index (χ2n) is 3.80. The van der Waals surface area contributed by atoms with Crippen LogP contribution < -0.4 is 16.6 Å². The summed E-state index contributed by atoms with van der Waals surface area (Å²) in [7, 11) is 0. The topological polar surface area (TPSA) is 101 Å². The SMILES string of the molecule is Nc1cccc(/C=C/C(=O)Nc2ccc(=O)[nH]n2)c1. The largest absolute Gasteiger partial charge is 0.399 e. The molecule has 1 aromatic heterocycles. The number of nitrogen functional groups attached to an aromatic ring is 1. The number of hydrogen-bond donors (Lipinski definition) is 3. The lowest BCUT2D eigenvalue weighted by molar-refractivity contribution is -0.111. The van der Waals surface area contributed by atoms with E-state index < -0.39 is 0 Å². The van der Waals surface area contributed by atoms with E-state index in [2.05, 4.69) is 15.5 Å². The molecule has 0 aliphatic carbocycles. The Kier molecular flexibility index (Phi) is 3.72. The number of H-pyrrole nitrogens is 1. The normalized spacial score (nSPS) is 10.5. The van der Waals surface area contributed by atoms with Crippen molar-refractivity contribution in [1.82, 2.24) is 10.2 Å². The zero-order valence-electron chi connectivity index (χ0n) is 9.96. The molecule has 6 heteroatoms. The maximum Gasteiger partial charge on any atom is 0.264 e. The van der Waals surface area contributed by atoms with Crippen LogP contribution in [0, 0.1) is 0 Å². The third-order valence-corrected chi connectivity index (χ3v) is 2.27. The van der Waals surface area contributed by atoms with Gasteiger partial charge in [0, 0.05) is 17.8 Å². The van der Waals surface area contributed by atoms with Gasteiger partial charge in [0.15, 0.2) is 5.82 Å². The van der Waals surface area contributed by atoms with E-state index in [0.717, 1.165) is 5.56 Å². The number of aromatic nitrogens is 2. The van der Waals surface area contributed by atoms with Gasteiger partial charge < -0.3 is 11.1 Å². The summed E-state index contributed by atoms with van der Waals surface area (Å²) in [6, 6.07) is 9.85. The zero-order valence-corrected chi connectivity index (χ0v) is 9.96. The van der Waals surface area contributed by atoms with Gasteiger partial charge in [-0.25, -0.2) is 5.10 Å². The number of benzene rings is 1. The van der Waals surface area contributed by atoms with E-state index in [9.17, 15) is 9.59 Å². The van der Waals surface area contributed by atoms with Gasteiger partial charge in [0.1, 0.15) is 0 Å². The summed E-state index contributed by atoms with van der Waals surface area (Å²) in [6.45, 7) is 0. The minimum absolute atomic E-state index is 0.279. The van der Waals surface area contributed by atoms with E-state index in [1.54, 1.807) is 24.3 Å². The summed E-state index contributed by atoms with van der Waals surface area (Å²) in [5.41, 5.74) is 6.75. The molecule has 0 bridgehead atoms. The molecule has 19 heavy (non-hydrogen) atoms. The van der Waals surface area contributed by atoms with Crippen LogP contribution in [0.5, 0.6) is 0 Å². The first-order valence-corrected chi connectivity index (χ1v) is 5.54. The summed E-state index contributed by atoms with van der Waals surface area (Å²) in [4.78, 5) is 22.4. The van der Waals surface area contributed by atoms with Crippen LogP contribution in [0.3, 0.4) is 0 Å². The minimum Gasteiger partial charge on any atom is -0.399 e. The smallest absolute Gasteiger partial charge is 0.264 e. The van der Waals surface area contributed by atoms with E-state index in [0.29, 0.717) is 5.69 Å². The molecule has 96 valence electrons. The quantitative estimate of drug-likeness (QED) is 0.563. The van der Waals surface area contributed by atoms with Crippen molar-refractivity contribution in [2.75, 3.05) is 11.1 Å². The molecule has 0 spiro atoms. The van der Waals surface area contributed by atoms with Crippen molar-refractivity contribution in [3.8, 4) is 0 Å². The lowest BCUT2D eigenvalue weighted by Gasteiger charge is -1.99. The fourth-order valence-electron chi connectivity index (χ4n) is 1.42. The fraction of sp³-hybridized carbons (Fsp3) is 0. The number of carbonyl (C=O) groups excluding carboxylic acids is 1. The van der Waals surface area contributed by atoms with Gasteiger partial charge in [-0.3, -0.25) is 9.59 Å². The third-order valence-electron chi connectivity index (χ3n) is 2.27. The maximum atomic E-state index is 11.6. The van der Waals surface area contributed by atoms with Crippen LogP contribution in [0.4, 0.5) is 11.5 Å². The number of carbonyl (C=O) groups is 1. The number of anilines is 2. The average molecular weight is 256 g/mol. The first kappa shape index (κ1) is 12.6.